The van der Waals surface area contributed by atoms with E-state index in [1.807, 2.05) is 0 Å². The molecule has 0 heterocycles. The van der Waals surface area contributed by atoms with Crippen molar-refractivity contribution in [3.05, 3.63) is 65.2 Å². The van der Waals surface area contributed by atoms with Crippen LogP contribution < -0.4 is 10.1 Å². The Hall–Kier alpha value is -3.03. The Balaban J connectivity index is 2.20. The lowest BCUT2D eigenvalue weighted by atomic mass is 10.0. The third-order valence-corrected chi connectivity index (χ3v) is 3.58. The van der Waals surface area contributed by atoms with E-state index in [0.29, 0.717) is 17.7 Å². The van der Waals surface area contributed by atoms with Gasteiger partial charge in [0, 0.05) is 12.1 Å². The maximum atomic E-state index is 12.6. The highest BCUT2D eigenvalue weighted by Gasteiger charge is 2.30. The summed E-state index contributed by atoms with van der Waals surface area (Å²) in [5.41, 5.74) is 0.489. The molecule has 0 unspecified atom stereocenters. The van der Waals surface area contributed by atoms with Crippen LogP contribution in [0, 0.1) is 0 Å². The summed E-state index contributed by atoms with van der Waals surface area (Å²) >= 11 is 0. The third-order valence-electron chi connectivity index (χ3n) is 3.58. The van der Waals surface area contributed by atoms with Crippen molar-refractivity contribution in [3.63, 3.8) is 0 Å². The van der Waals surface area contributed by atoms with E-state index in [1.54, 1.807) is 31.2 Å². The molecule has 0 saturated heterocycles. The molecule has 0 aromatic heterocycles. The number of benzene rings is 2. The first-order valence-corrected chi connectivity index (χ1v) is 8.14. The van der Waals surface area contributed by atoms with Crippen molar-refractivity contribution in [1.82, 2.24) is 5.32 Å². The van der Waals surface area contributed by atoms with Gasteiger partial charge in [-0.1, -0.05) is 29.4 Å². The number of ether oxygens (including phenoxy) is 1. The summed E-state index contributed by atoms with van der Waals surface area (Å²) < 4.78 is 43.4. The zero-order valence-corrected chi connectivity index (χ0v) is 14.8. The van der Waals surface area contributed by atoms with Crippen molar-refractivity contribution in [2.24, 2.45) is 5.16 Å². The molecule has 2 aromatic carbocycles. The first kappa shape index (κ1) is 20.3. The third kappa shape index (κ3) is 5.47. The van der Waals surface area contributed by atoms with E-state index in [0.717, 1.165) is 12.1 Å². The Morgan fingerprint density at radius 2 is 1.78 bits per heavy atom. The van der Waals surface area contributed by atoms with E-state index in [1.165, 1.54) is 19.2 Å². The molecule has 144 valence electrons. The monoisotopic (exact) mass is 380 g/mol. The van der Waals surface area contributed by atoms with Gasteiger partial charge in [-0.25, -0.2) is 0 Å². The van der Waals surface area contributed by atoms with Gasteiger partial charge in [0.1, 0.15) is 19.5 Å². The van der Waals surface area contributed by atoms with Gasteiger partial charge < -0.3 is 14.9 Å². The van der Waals surface area contributed by atoms with Crippen LogP contribution in [-0.4, -0.2) is 25.3 Å². The molecule has 0 radical (unpaired) electrons. The van der Waals surface area contributed by atoms with Crippen LogP contribution in [0.1, 0.15) is 23.6 Å². The smallest absolute Gasteiger partial charge is 0.416 e. The van der Waals surface area contributed by atoms with Gasteiger partial charge in [0.15, 0.2) is 5.71 Å². The van der Waals surface area contributed by atoms with Gasteiger partial charge in [0.25, 0.3) is 5.91 Å². The van der Waals surface area contributed by atoms with E-state index in [4.69, 9.17) is 9.57 Å². The maximum Gasteiger partial charge on any atom is 0.416 e. The molecule has 0 spiro atoms. The molecule has 2 rings (SSSR count). The number of nitrogens with one attached hydrogen (secondary N) is 1. The second-order valence-corrected chi connectivity index (χ2v) is 5.45. The molecule has 27 heavy (non-hydrogen) atoms. The molecule has 0 saturated carbocycles. The van der Waals surface area contributed by atoms with Crippen molar-refractivity contribution in [1.29, 1.82) is 0 Å². The predicted octanol–water partition coefficient (Wildman–Crippen LogP) is 3.77. The molecule has 0 aliphatic heterocycles. The topological polar surface area (TPSA) is 59.9 Å². The number of alkyl halides is 3. The molecule has 5 nitrogen and oxygen atoms in total. The highest BCUT2D eigenvalue weighted by Crippen LogP contribution is 2.30. The zero-order valence-electron chi connectivity index (χ0n) is 14.8. The maximum absolute atomic E-state index is 12.6. The average Bonchev–Trinajstić information content (AvgIpc) is 2.64. The lowest BCUT2D eigenvalue weighted by Gasteiger charge is -2.13. The molecule has 0 aliphatic rings. The van der Waals surface area contributed by atoms with Crippen molar-refractivity contribution >= 4 is 11.6 Å². The average molecular weight is 380 g/mol. The van der Waals surface area contributed by atoms with Crippen LogP contribution >= 0.6 is 0 Å². The second-order valence-electron chi connectivity index (χ2n) is 5.45. The fraction of sp³-hybridized carbons (Fsp3) is 0.263. The van der Waals surface area contributed by atoms with Crippen LogP contribution in [0.4, 0.5) is 13.2 Å². The van der Waals surface area contributed by atoms with Crippen molar-refractivity contribution in [2.75, 3.05) is 13.7 Å². The van der Waals surface area contributed by atoms with Crippen LogP contribution in [-0.2, 0) is 22.4 Å². The molecule has 0 fully saturated rings. The molecule has 1 N–H and O–H groups in total. The van der Waals surface area contributed by atoms with E-state index < -0.39 is 17.6 Å². The molecule has 0 atom stereocenters. The number of hydrogen-bond donors (Lipinski definition) is 1. The standard InChI is InChI=1S/C19H19F3N2O3/c1-3-23-18(25)17(24-26-2)16-7-5-4-6-13(16)12-27-15-10-8-14(9-11-15)19(20,21)22/h4-11H,3,12H2,1-2H3,(H,23,25)/b24-17-. The van der Waals surface area contributed by atoms with Crippen LogP contribution in [0.3, 0.4) is 0 Å². The van der Waals surface area contributed by atoms with Crippen LogP contribution in [0.5, 0.6) is 5.75 Å². The molecular weight excluding hydrogens is 361 g/mol. The largest absolute Gasteiger partial charge is 0.489 e. The van der Waals surface area contributed by atoms with Crippen molar-refractivity contribution in [2.45, 2.75) is 19.7 Å². The fourth-order valence-corrected chi connectivity index (χ4v) is 2.33. The minimum absolute atomic E-state index is 0.0453. The number of oxime groups is 1. The summed E-state index contributed by atoms with van der Waals surface area (Å²) in [6, 6.07) is 11.3. The van der Waals surface area contributed by atoms with E-state index in [-0.39, 0.29) is 18.1 Å². The number of amides is 1. The fourth-order valence-electron chi connectivity index (χ4n) is 2.33. The summed E-state index contributed by atoms with van der Waals surface area (Å²) in [5, 5.41) is 6.44. The van der Waals surface area contributed by atoms with Crippen molar-refractivity contribution < 1.29 is 27.5 Å². The zero-order chi connectivity index (χ0) is 19.9. The lowest BCUT2D eigenvalue weighted by Crippen LogP contribution is -2.32. The van der Waals surface area contributed by atoms with Crippen molar-refractivity contribution in [3.8, 4) is 5.75 Å². The van der Waals surface area contributed by atoms with Gasteiger partial charge >= 0.3 is 6.18 Å². The summed E-state index contributed by atoms with van der Waals surface area (Å²) in [7, 11) is 1.33. The number of likely N-dealkylation sites (N-methyl/N-ethyl adjacent to an activating group) is 1. The van der Waals surface area contributed by atoms with Gasteiger partial charge in [-0.3, -0.25) is 4.79 Å². The minimum Gasteiger partial charge on any atom is -0.489 e. The molecular formula is C19H19F3N2O3. The summed E-state index contributed by atoms with van der Waals surface area (Å²) in [4.78, 5) is 17.0. The van der Waals surface area contributed by atoms with Crippen LogP contribution in [0.2, 0.25) is 0 Å². The first-order chi connectivity index (χ1) is 12.9. The summed E-state index contributed by atoms with van der Waals surface area (Å²) in [5.74, 6) is -0.123. The molecule has 2 aromatic rings. The number of hydrogen-bond acceptors (Lipinski definition) is 4. The Morgan fingerprint density at radius 3 is 2.37 bits per heavy atom. The normalized spacial score (nSPS) is 11.8. The van der Waals surface area contributed by atoms with Gasteiger partial charge in [-0.15, -0.1) is 0 Å². The summed E-state index contributed by atoms with van der Waals surface area (Å²) in [6.07, 6.45) is -4.40. The number of carbonyl (C=O) groups is 1. The second kappa shape index (κ2) is 9.07. The highest BCUT2D eigenvalue weighted by atomic mass is 19.4. The van der Waals surface area contributed by atoms with Crippen LogP contribution in [0.25, 0.3) is 0 Å². The lowest BCUT2D eigenvalue weighted by molar-refractivity contribution is -0.137. The van der Waals surface area contributed by atoms with Gasteiger partial charge in [-0.2, -0.15) is 13.2 Å². The Kier molecular flexibility index (Phi) is 6.81. The Labute approximate surface area is 154 Å². The number of nitrogens with zero attached hydrogens (tertiary/aromatic N) is 1. The molecule has 1 amide bonds. The predicted molar refractivity (Wildman–Crippen MR) is 94.4 cm³/mol. The van der Waals surface area contributed by atoms with Crippen LogP contribution in [0.15, 0.2) is 53.7 Å². The minimum atomic E-state index is -4.40. The number of rotatable bonds is 7. The molecule has 8 heteroatoms. The highest BCUT2D eigenvalue weighted by molar-refractivity contribution is 6.45. The SMILES string of the molecule is CCNC(=O)/C(=N\OC)c1ccccc1COc1ccc(C(F)(F)F)cc1. The van der Waals surface area contributed by atoms with Gasteiger partial charge in [0.2, 0.25) is 0 Å². The summed E-state index contributed by atoms with van der Waals surface area (Å²) in [6.45, 7) is 2.25. The first-order valence-electron chi connectivity index (χ1n) is 8.14. The number of carbonyl (C=O) groups excluding carboxylic acids is 1. The van der Waals surface area contributed by atoms with Gasteiger partial charge in [0.05, 0.1) is 5.56 Å². The van der Waals surface area contributed by atoms with E-state index >= 15 is 0 Å². The number of halogens is 3. The molecule has 0 bridgehead atoms. The quantitative estimate of drug-likeness (QED) is 0.588. The Bertz CT molecular complexity index is 803. The van der Waals surface area contributed by atoms with E-state index in [2.05, 4.69) is 10.5 Å². The Morgan fingerprint density at radius 1 is 1.11 bits per heavy atom. The van der Waals surface area contributed by atoms with Gasteiger partial charge in [-0.05, 0) is 36.8 Å². The van der Waals surface area contributed by atoms with E-state index in [9.17, 15) is 18.0 Å². The molecule has 0 aliphatic carbocycles.